The molecule has 0 spiro atoms. The van der Waals surface area contributed by atoms with Gasteiger partial charge in [0, 0.05) is 31.6 Å². The molecule has 0 bridgehead atoms. The number of anilines is 1. The van der Waals surface area contributed by atoms with Gasteiger partial charge in [-0.15, -0.1) is 0 Å². The van der Waals surface area contributed by atoms with E-state index >= 15 is 0 Å². The summed E-state index contributed by atoms with van der Waals surface area (Å²) < 4.78 is 5.34. The molecule has 2 aromatic carbocycles. The van der Waals surface area contributed by atoms with Crippen molar-refractivity contribution in [2.45, 2.75) is 38.3 Å². The van der Waals surface area contributed by atoms with Crippen molar-refractivity contribution in [3.63, 3.8) is 0 Å². The van der Waals surface area contributed by atoms with Crippen LogP contribution in [0.3, 0.4) is 0 Å². The third-order valence-corrected chi connectivity index (χ3v) is 5.22. The Kier molecular flexibility index (Phi) is 6.56. The van der Waals surface area contributed by atoms with Crippen LogP contribution in [0.2, 0.25) is 0 Å². The Morgan fingerprint density at radius 2 is 1.81 bits per heavy atom. The number of nitrogens with one attached hydrogen (secondary N) is 2. The summed E-state index contributed by atoms with van der Waals surface area (Å²) in [7, 11) is 0. The average Bonchev–Trinajstić information content (AvgIpc) is 3.47. The van der Waals surface area contributed by atoms with Crippen LogP contribution in [0.5, 0.6) is 0 Å². The lowest BCUT2D eigenvalue weighted by Crippen LogP contribution is -2.34. The SMILES string of the molecule is O=C(CCc1nc(C2CCCN2C(=O)Nc2ccccc2)no1)NCc1ccccc1. The van der Waals surface area contributed by atoms with Crippen LogP contribution in [0.1, 0.15) is 42.6 Å². The molecule has 1 unspecified atom stereocenters. The summed E-state index contributed by atoms with van der Waals surface area (Å²) in [6.45, 7) is 1.12. The Morgan fingerprint density at radius 1 is 1.06 bits per heavy atom. The molecule has 8 heteroatoms. The van der Waals surface area contributed by atoms with Gasteiger partial charge in [-0.05, 0) is 30.5 Å². The number of urea groups is 1. The molecule has 8 nitrogen and oxygen atoms in total. The number of carbonyl (C=O) groups is 2. The number of benzene rings is 2. The molecule has 1 atom stereocenters. The van der Waals surface area contributed by atoms with Crippen molar-refractivity contribution in [2.24, 2.45) is 0 Å². The van der Waals surface area contributed by atoms with Crippen molar-refractivity contribution in [1.82, 2.24) is 20.4 Å². The quantitative estimate of drug-likeness (QED) is 0.608. The van der Waals surface area contributed by atoms with E-state index in [1.54, 1.807) is 4.90 Å². The van der Waals surface area contributed by atoms with Gasteiger partial charge in [0.2, 0.25) is 11.8 Å². The molecule has 160 valence electrons. The van der Waals surface area contributed by atoms with Gasteiger partial charge < -0.3 is 20.1 Å². The topological polar surface area (TPSA) is 100 Å². The van der Waals surface area contributed by atoms with Crippen LogP contribution in [0.4, 0.5) is 10.5 Å². The highest BCUT2D eigenvalue weighted by Gasteiger charge is 2.33. The van der Waals surface area contributed by atoms with Gasteiger partial charge in [0.1, 0.15) is 0 Å². The predicted molar refractivity (Wildman–Crippen MR) is 115 cm³/mol. The number of rotatable bonds is 7. The van der Waals surface area contributed by atoms with Crippen LogP contribution in [0.15, 0.2) is 65.2 Å². The lowest BCUT2D eigenvalue weighted by Gasteiger charge is -2.22. The molecule has 1 fully saturated rings. The number of amides is 3. The zero-order valence-electron chi connectivity index (χ0n) is 17.2. The van der Waals surface area contributed by atoms with E-state index in [1.165, 1.54) is 0 Å². The largest absolute Gasteiger partial charge is 0.352 e. The number of likely N-dealkylation sites (tertiary alicyclic amines) is 1. The maximum Gasteiger partial charge on any atom is 0.322 e. The Hall–Kier alpha value is -3.68. The normalized spacial score (nSPS) is 15.6. The van der Waals surface area contributed by atoms with Crippen LogP contribution in [-0.4, -0.2) is 33.5 Å². The molecule has 1 aliphatic heterocycles. The lowest BCUT2D eigenvalue weighted by molar-refractivity contribution is -0.121. The first-order chi connectivity index (χ1) is 15.2. The standard InChI is InChI=1S/C23H25N5O3/c29-20(24-16-17-8-3-1-4-9-17)13-14-21-26-22(27-31-21)19-12-7-15-28(19)23(30)25-18-10-5-2-6-11-18/h1-6,8-11,19H,7,12-16H2,(H,24,29)(H,25,30). The van der Waals surface area contributed by atoms with E-state index in [-0.39, 0.29) is 24.4 Å². The summed E-state index contributed by atoms with van der Waals surface area (Å²) in [5, 5.41) is 9.86. The molecule has 1 aliphatic rings. The van der Waals surface area contributed by atoms with Crippen LogP contribution in [0, 0.1) is 0 Å². The molecule has 2 N–H and O–H groups in total. The number of carbonyl (C=O) groups excluding carboxylic acids is 2. The Balaban J connectivity index is 1.29. The fourth-order valence-corrected chi connectivity index (χ4v) is 3.61. The number of aryl methyl sites for hydroxylation is 1. The maximum atomic E-state index is 12.7. The molecule has 1 saturated heterocycles. The second-order valence-electron chi connectivity index (χ2n) is 7.46. The first kappa shape index (κ1) is 20.6. The van der Waals surface area contributed by atoms with Crippen molar-refractivity contribution >= 4 is 17.6 Å². The minimum atomic E-state index is -0.229. The molecular weight excluding hydrogens is 394 g/mol. The number of hydrogen-bond acceptors (Lipinski definition) is 5. The van der Waals surface area contributed by atoms with Gasteiger partial charge in [0.25, 0.3) is 0 Å². The molecule has 1 aromatic heterocycles. The molecule has 3 amide bonds. The summed E-state index contributed by atoms with van der Waals surface area (Å²) in [6.07, 6.45) is 2.27. The third kappa shape index (κ3) is 5.48. The summed E-state index contributed by atoms with van der Waals surface area (Å²) in [4.78, 5) is 31.0. The van der Waals surface area contributed by atoms with Crippen LogP contribution < -0.4 is 10.6 Å². The molecule has 3 aromatic rings. The fraction of sp³-hybridized carbons (Fsp3) is 0.304. The minimum Gasteiger partial charge on any atom is -0.352 e. The highest BCUT2D eigenvalue weighted by atomic mass is 16.5. The number of hydrogen-bond donors (Lipinski definition) is 2. The number of aromatic nitrogens is 2. The Labute approximate surface area is 180 Å². The fourth-order valence-electron chi connectivity index (χ4n) is 3.61. The van der Waals surface area contributed by atoms with Gasteiger partial charge in [-0.1, -0.05) is 53.7 Å². The van der Waals surface area contributed by atoms with E-state index in [0.29, 0.717) is 31.2 Å². The maximum absolute atomic E-state index is 12.7. The highest BCUT2D eigenvalue weighted by molar-refractivity contribution is 5.89. The van der Waals surface area contributed by atoms with Gasteiger partial charge >= 0.3 is 6.03 Å². The van der Waals surface area contributed by atoms with Crippen LogP contribution in [-0.2, 0) is 17.8 Å². The van der Waals surface area contributed by atoms with Gasteiger partial charge in [-0.25, -0.2) is 4.79 Å². The smallest absolute Gasteiger partial charge is 0.322 e. The average molecular weight is 419 g/mol. The van der Waals surface area contributed by atoms with E-state index in [4.69, 9.17) is 4.52 Å². The molecule has 4 rings (SSSR count). The first-order valence-electron chi connectivity index (χ1n) is 10.4. The van der Waals surface area contributed by atoms with Crippen molar-refractivity contribution in [3.05, 3.63) is 77.9 Å². The molecule has 31 heavy (non-hydrogen) atoms. The van der Waals surface area contributed by atoms with E-state index in [1.807, 2.05) is 60.7 Å². The van der Waals surface area contributed by atoms with Crippen molar-refractivity contribution in [3.8, 4) is 0 Å². The van der Waals surface area contributed by atoms with E-state index in [9.17, 15) is 9.59 Å². The molecule has 0 radical (unpaired) electrons. The second-order valence-corrected chi connectivity index (χ2v) is 7.46. The predicted octanol–water partition coefficient (Wildman–Crippen LogP) is 3.69. The minimum absolute atomic E-state index is 0.0756. The highest BCUT2D eigenvalue weighted by Crippen LogP contribution is 2.30. The molecule has 2 heterocycles. The number of nitrogens with zero attached hydrogens (tertiary/aromatic N) is 3. The van der Waals surface area contributed by atoms with Crippen molar-refractivity contribution in [2.75, 3.05) is 11.9 Å². The van der Waals surface area contributed by atoms with Gasteiger partial charge in [-0.2, -0.15) is 4.98 Å². The zero-order valence-corrected chi connectivity index (χ0v) is 17.2. The van der Waals surface area contributed by atoms with Crippen molar-refractivity contribution in [1.29, 1.82) is 0 Å². The van der Waals surface area contributed by atoms with Crippen LogP contribution >= 0.6 is 0 Å². The lowest BCUT2D eigenvalue weighted by atomic mass is 10.2. The van der Waals surface area contributed by atoms with Gasteiger partial charge in [0.05, 0.1) is 6.04 Å². The van der Waals surface area contributed by atoms with E-state index < -0.39 is 0 Å². The number of para-hydroxylation sites is 1. The summed E-state index contributed by atoms with van der Waals surface area (Å²) in [5.41, 5.74) is 1.79. The summed E-state index contributed by atoms with van der Waals surface area (Å²) in [5.74, 6) is 0.814. The first-order valence-corrected chi connectivity index (χ1v) is 10.4. The second kappa shape index (κ2) is 9.88. The monoisotopic (exact) mass is 419 g/mol. The van der Waals surface area contributed by atoms with Crippen LogP contribution in [0.25, 0.3) is 0 Å². The van der Waals surface area contributed by atoms with Crippen molar-refractivity contribution < 1.29 is 14.1 Å². The molecular formula is C23H25N5O3. The third-order valence-electron chi connectivity index (χ3n) is 5.22. The summed E-state index contributed by atoms with van der Waals surface area (Å²) >= 11 is 0. The molecule has 0 saturated carbocycles. The van der Waals surface area contributed by atoms with E-state index in [0.717, 1.165) is 24.1 Å². The van der Waals surface area contributed by atoms with Gasteiger partial charge in [0.15, 0.2) is 5.82 Å². The summed E-state index contributed by atoms with van der Waals surface area (Å²) in [6, 6.07) is 18.7. The van der Waals surface area contributed by atoms with E-state index in [2.05, 4.69) is 20.8 Å². The zero-order chi connectivity index (χ0) is 21.5. The Bertz CT molecular complexity index is 1010. The molecule has 0 aliphatic carbocycles. The Morgan fingerprint density at radius 3 is 2.58 bits per heavy atom. The van der Waals surface area contributed by atoms with Gasteiger partial charge in [-0.3, -0.25) is 4.79 Å².